The summed E-state index contributed by atoms with van der Waals surface area (Å²) in [5.41, 5.74) is 9.22. The van der Waals surface area contributed by atoms with Crippen molar-refractivity contribution in [3.63, 3.8) is 0 Å². The van der Waals surface area contributed by atoms with Gasteiger partial charge in [0, 0.05) is 28.9 Å². The highest BCUT2D eigenvalue weighted by molar-refractivity contribution is 5.90. The lowest BCUT2D eigenvalue weighted by Crippen LogP contribution is -1.98. The average Bonchev–Trinajstić information content (AvgIpc) is 2.51. The molecule has 0 atom stereocenters. The minimum atomic E-state index is 0.405. The molecule has 96 valence electrons. The van der Waals surface area contributed by atoms with Crippen molar-refractivity contribution in [1.82, 2.24) is 15.0 Å². The first-order chi connectivity index (χ1) is 9.69. The molecule has 0 saturated heterocycles. The third-order valence-corrected chi connectivity index (χ3v) is 3.14. The van der Waals surface area contributed by atoms with Crippen LogP contribution in [0.15, 0.2) is 36.7 Å². The number of nitrogens with two attached hydrogens (primary N) is 1. The van der Waals surface area contributed by atoms with Crippen LogP contribution in [0.4, 0.5) is 5.82 Å². The van der Waals surface area contributed by atoms with E-state index in [4.69, 9.17) is 12.2 Å². The maximum atomic E-state index is 5.89. The van der Waals surface area contributed by atoms with Crippen molar-refractivity contribution >= 4 is 16.7 Å². The number of rotatable bonds is 1. The van der Waals surface area contributed by atoms with E-state index in [-0.39, 0.29) is 0 Å². The molecule has 4 heteroatoms. The second kappa shape index (κ2) is 4.63. The summed E-state index contributed by atoms with van der Waals surface area (Å²) in [6.07, 6.45) is 8.90. The van der Waals surface area contributed by atoms with Gasteiger partial charge in [-0.2, -0.15) is 0 Å². The van der Waals surface area contributed by atoms with Crippen LogP contribution in [0.25, 0.3) is 22.3 Å². The molecule has 0 radical (unpaired) electrons. The number of hydrogen-bond donors (Lipinski definition) is 1. The number of anilines is 1. The first-order valence-corrected chi connectivity index (χ1v) is 6.14. The Balaban J connectivity index is 2.23. The summed E-state index contributed by atoms with van der Waals surface area (Å²) in [4.78, 5) is 13.0. The maximum Gasteiger partial charge on any atom is 0.159 e. The smallest absolute Gasteiger partial charge is 0.159 e. The van der Waals surface area contributed by atoms with Crippen molar-refractivity contribution < 1.29 is 0 Å². The van der Waals surface area contributed by atoms with Crippen LogP contribution in [0, 0.1) is 19.3 Å². The number of pyridine rings is 1. The molecule has 0 amide bonds. The third kappa shape index (κ3) is 1.95. The fourth-order valence-corrected chi connectivity index (χ4v) is 2.05. The zero-order chi connectivity index (χ0) is 14.1. The van der Waals surface area contributed by atoms with Gasteiger partial charge >= 0.3 is 0 Å². The van der Waals surface area contributed by atoms with E-state index in [1.54, 1.807) is 12.4 Å². The minimum Gasteiger partial charge on any atom is -0.382 e. The molecule has 2 aromatic heterocycles. The Morgan fingerprint density at radius 1 is 1.20 bits per heavy atom. The Morgan fingerprint density at radius 3 is 2.85 bits per heavy atom. The van der Waals surface area contributed by atoms with E-state index in [2.05, 4.69) is 20.9 Å². The summed E-state index contributed by atoms with van der Waals surface area (Å²) in [6, 6.07) is 7.54. The van der Waals surface area contributed by atoms with Gasteiger partial charge in [0.2, 0.25) is 0 Å². The summed E-state index contributed by atoms with van der Waals surface area (Å²) >= 11 is 0. The number of terminal acetylenes is 1. The molecule has 2 heterocycles. The fraction of sp³-hybridized carbons (Fsp3) is 0.0625. The Morgan fingerprint density at radius 2 is 2.05 bits per heavy atom. The van der Waals surface area contributed by atoms with E-state index < -0.39 is 0 Å². The lowest BCUT2D eigenvalue weighted by Gasteiger charge is -2.06. The number of fused-ring (bicyclic) bond motifs is 1. The van der Waals surface area contributed by atoms with E-state index in [1.165, 1.54) is 0 Å². The molecule has 1 aromatic carbocycles. The lowest BCUT2D eigenvalue weighted by molar-refractivity contribution is 1.20. The molecule has 20 heavy (non-hydrogen) atoms. The second-order valence-electron chi connectivity index (χ2n) is 4.51. The molecule has 3 rings (SSSR count). The molecular weight excluding hydrogens is 248 g/mol. The molecule has 0 aliphatic rings. The van der Waals surface area contributed by atoms with Crippen molar-refractivity contribution in [2.45, 2.75) is 6.92 Å². The Labute approximate surface area is 116 Å². The molecule has 0 saturated carbocycles. The molecule has 0 spiro atoms. The van der Waals surface area contributed by atoms with Crippen molar-refractivity contribution in [1.29, 1.82) is 0 Å². The minimum absolute atomic E-state index is 0.405. The number of hydrogen-bond acceptors (Lipinski definition) is 4. The Hall–Kier alpha value is -2.93. The van der Waals surface area contributed by atoms with E-state index in [0.29, 0.717) is 17.2 Å². The molecule has 2 N–H and O–H groups in total. The summed E-state index contributed by atoms with van der Waals surface area (Å²) in [7, 11) is 0. The number of nitrogen functional groups attached to an aromatic ring is 1. The van der Waals surface area contributed by atoms with Gasteiger partial charge in [-0.25, -0.2) is 15.0 Å². The van der Waals surface area contributed by atoms with Gasteiger partial charge in [0.25, 0.3) is 0 Å². The second-order valence-corrected chi connectivity index (χ2v) is 4.51. The van der Waals surface area contributed by atoms with Crippen LogP contribution in [0.1, 0.15) is 11.1 Å². The van der Waals surface area contributed by atoms with Crippen molar-refractivity contribution in [3.05, 3.63) is 47.8 Å². The van der Waals surface area contributed by atoms with Crippen molar-refractivity contribution in [3.8, 4) is 23.7 Å². The topological polar surface area (TPSA) is 64.7 Å². The summed E-state index contributed by atoms with van der Waals surface area (Å²) in [5, 5.41) is 0.911. The van der Waals surface area contributed by atoms with Crippen LogP contribution in [0.5, 0.6) is 0 Å². The van der Waals surface area contributed by atoms with Gasteiger partial charge in [0.05, 0.1) is 0 Å². The maximum absolute atomic E-state index is 5.89. The standard InChI is InChI=1S/C16H12N4/c1-3-11-5-4-6-12(7-11)16-19-9-13-10(2)8-18-15(17)14(13)20-16/h1,4-9H,2H3,(H2,17,18). The van der Waals surface area contributed by atoms with Gasteiger partial charge in [0.15, 0.2) is 5.82 Å². The molecule has 4 nitrogen and oxygen atoms in total. The first-order valence-electron chi connectivity index (χ1n) is 6.14. The van der Waals surface area contributed by atoms with Crippen LogP contribution in [0.3, 0.4) is 0 Å². The third-order valence-electron chi connectivity index (χ3n) is 3.14. The Kier molecular flexibility index (Phi) is 2.81. The van der Waals surface area contributed by atoms with Crippen LogP contribution >= 0.6 is 0 Å². The van der Waals surface area contributed by atoms with Crippen LogP contribution in [-0.4, -0.2) is 15.0 Å². The molecule has 0 bridgehead atoms. The molecule has 0 fully saturated rings. The molecule has 0 aliphatic carbocycles. The van der Waals surface area contributed by atoms with Crippen LogP contribution in [-0.2, 0) is 0 Å². The van der Waals surface area contributed by atoms with Crippen molar-refractivity contribution in [2.24, 2.45) is 0 Å². The highest BCUT2D eigenvalue weighted by atomic mass is 14.9. The monoisotopic (exact) mass is 260 g/mol. The molecule has 0 aliphatic heterocycles. The Bertz CT molecular complexity index is 847. The zero-order valence-corrected chi connectivity index (χ0v) is 11.0. The van der Waals surface area contributed by atoms with Gasteiger partial charge in [-0.15, -0.1) is 6.42 Å². The SMILES string of the molecule is C#Cc1cccc(-c2ncc3c(C)cnc(N)c3n2)c1. The predicted octanol–water partition coefficient (Wildman–Crippen LogP) is 2.56. The summed E-state index contributed by atoms with van der Waals surface area (Å²) < 4.78 is 0. The normalized spacial score (nSPS) is 10.4. The van der Waals surface area contributed by atoms with E-state index >= 15 is 0 Å². The molecule has 0 unspecified atom stereocenters. The predicted molar refractivity (Wildman–Crippen MR) is 79.9 cm³/mol. The number of nitrogens with zero attached hydrogens (tertiary/aromatic N) is 3. The van der Waals surface area contributed by atoms with Gasteiger partial charge < -0.3 is 5.73 Å². The summed E-state index contributed by atoms with van der Waals surface area (Å²) in [5.74, 6) is 3.60. The molecular formula is C16H12N4. The van der Waals surface area contributed by atoms with Crippen LogP contribution in [0.2, 0.25) is 0 Å². The van der Waals surface area contributed by atoms with Crippen molar-refractivity contribution in [2.75, 3.05) is 5.73 Å². The van der Waals surface area contributed by atoms with Crippen LogP contribution < -0.4 is 5.73 Å². The summed E-state index contributed by atoms with van der Waals surface area (Å²) in [6.45, 7) is 1.96. The highest BCUT2D eigenvalue weighted by Gasteiger charge is 2.08. The molecule has 3 aromatic rings. The van der Waals surface area contributed by atoms with Gasteiger partial charge in [0.1, 0.15) is 11.3 Å². The number of aryl methyl sites for hydroxylation is 1. The zero-order valence-electron chi connectivity index (χ0n) is 11.0. The van der Waals surface area contributed by atoms with Gasteiger partial charge in [-0.1, -0.05) is 18.1 Å². The van der Waals surface area contributed by atoms with E-state index in [9.17, 15) is 0 Å². The first kappa shape index (κ1) is 12.1. The highest BCUT2D eigenvalue weighted by Crippen LogP contribution is 2.23. The average molecular weight is 260 g/mol. The number of aromatic nitrogens is 3. The lowest BCUT2D eigenvalue weighted by atomic mass is 10.1. The van der Waals surface area contributed by atoms with Gasteiger partial charge in [-0.3, -0.25) is 0 Å². The fourth-order valence-electron chi connectivity index (χ4n) is 2.05. The van der Waals surface area contributed by atoms with Gasteiger partial charge in [-0.05, 0) is 24.6 Å². The van der Waals surface area contributed by atoms with E-state index in [0.717, 1.165) is 22.1 Å². The quantitative estimate of drug-likeness (QED) is 0.683. The van der Waals surface area contributed by atoms with E-state index in [1.807, 2.05) is 31.2 Å². The number of benzene rings is 1. The largest absolute Gasteiger partial charge is 0.382 e.